The van der Waals surface area contributed by atoms with Gasteiger partial charge in [0, 0.05) is 23.3 Å². The first-order chi connectivity index (χ1) is 10.7. The Balaban J connectivity index is 2.03. The fourth-order valence-corrected chi connectivity index (χ4v) is 5.22. The summed E-state index contributed by atoms with van der Waals surface area (Å²) >= 11 is 0. The molecule has 0 aromatic rings. The minimum absolute atomic E-state index is 0.00145. The smallest absolute Gasteiger partial charge is 0.187 e. The number of carbonyl (C=O) groups excluding carboxylic acids is 2. The lowest BCUT2D eigenvalue weighted by Gasteiger charge is -2.51. The fraction of sp³-hybridized carbons (Fsp3) is 0.700. The van der Waals surface area contributed by atoms with Crippen LogP contribution < -0.4 is 0 Å². The van der Waals surface area contributed by atoms with Gasteiger partial charge in [0.25, 0.3) is 0 Å². The van der Waals surface area contributed by atoms with E-state index in [-0.39, 0.29) is 28.4 Å². The first-order valence-electron chi connectivity index (χ1n) is 8.83. The molecule has 2 bridgehead atoms. The summed E-state index contributed by atoms with van der Waals surface area (Å²) in [6, 6.07) is 0. The molecule has 3 nitrogen and oxygen atoms in total. The third-order valence-corrected chi connectivity index (χ3v) is 6.75. The zero-order valence-corrected chi connectivity index (χ0v) is 14.5. The number of ketones is 2. The fourth-order valence-electron chi connectivity index (χ4n) is 5.22. The minimum Gasteiger partial charge on any atom is -0.388 e. The van der Waals surface area contributed by atoms with E-state index in [2.05, 4.69) is 27.4 Å². The molecule has 1 N–H and O–H groups in total. The second kappa shape index (κ2) is 5.41. The highest BCUT2D eigenvalue weighted by Gasteiger charge is 2.52. The van der Waals surface area contributed by atoms with Gasteiger partial charge in [-0.15, -0.1) is 0 Å². The lowest BCUT2D eigenvalue weighted by Crippen LogP contribution is -2.48. The third kappa shape index (κ3) is 2.53. The predicted molar refractivity (Wildman–Crippen MR) is 89.8 cm³/mol. The molecule has 0 aromatic heterocycles. The van der Waals surface area contributed by atoms with Gasteiger partial charge in [-0.25, -0.2) is 0 Å². The summed E-state index contributed by atoms with van der Waals surface area (Å²) < 4.78 is 0. The first-order valence-corrected chi connectivity index (χ1v) is 8.83. The van der Waals surface area contributed by atoms with E-state index in [9.17, 15) is 14.7 Å². The van der Waals surface area contributed by atoms with E-state index in [1.54, 1.807) is 0 Å². The van der Waals surface area contributed by atoms with Crippen LogP contribution in [0.4, 0.5) is 0 Å². The molecule has 0 saturated heterocycles. The molecule has 0 heterocycles. The Hall–Kier alpha value is -1.22. The van der Waals surface area contributed by atoms with Crippen LogP contribution in [-0.2, 0) is 9.59 Å². The number of aliphatic hydroxyl groups is 1. The summed E-state index contributed by atoms with van der Waals surface area (Å²) in [7, 11) is 0. The van der Waals surface area contributed by atoms with Crippen LogP contribution in [-0.4, -0.2) is 22.8 Å². The zero-order valence-electron chi connectivity index (χ0n) is 14.5. The monoisotopic (exact) mass is 316 g/mol. The number of rotatable bonds is 0. The largest absolute Gasteiger partial charge is 0.388 e. The van der Waals surface area contributed by atoms with Gasteiger partial charge in [-0.3, -0.25) is 9.59 Å². The molecule has 126 valence electrons. The maximum absolute atomic E-state index is 13.0. The topological polar surface area (TPSA) is 54.4 Å². The van der Waals surface area contributed by atoms with Gasteiger partial charge in [0.15, 0.2) is 5.78 Å². The standard InChI is InChI=1S/C20H28O3/c1-12-13-6-7-17(22)20(4)9-5-8-19(2,3)16(20)11-15(21)14(10-13)18(12)23/h10,13,15-16,21H,1,5-9,11H2,2-4H3/t13-,15+,16+,20+/m0/s1. The van der Waals surface area contributed by atoms with Crippen LogP contribution in [0.3, 0.4) is 0 Å². The lowest BCUT2D eigenvalue weighted by atomic mass is 9.53. The average Bonchev–Trinajstić information content (AvgIpc) is 2.75. The van der Waals surface area contributed by atoms with Crippen LogP contribution in [0.15, 0.2) is 23.8 Å². The van der Waals surface area contributed by atoms with Crippen molar-refractivity contribution in [1.82, 2.24) is 0 Å². The highest BCUT2D eigenvalue weighted by atomic mass is 16.3. The summed E-state index contributed by atoms with van der Waals surface area (Å²) in [5.41, 5.74) is 0.672. The molecule has 3 aliphatic carbocycles. The van der Waals surface area contributed by atoms with Crippen molar-refractivity contribution in [2.45, 2.75) is 65.4 Å². The third-order valence-electron chi connectivity index (χ3n) is 6.75. The van der Waals surface area contributed by atoms with E-state index in [0.717, 1.165) is 19.3 Å². The normalized spacial score (nSPS) is 40.6. The van der Waals surface area contributed by atoms with E-state index < -0.39 is 6.10 Å². The molecule has 0 radical (unpaired) electrons. The Kier molecular flexibility index (Phi) is 3.91. The molecule has 0 amide bonds. The quantitative estimate of drug-likeness (QED) is 0.695. The molecule has 1 saturated carbocycles. The highest BCUT2D eigenvalue weighted by Crippen LogP contribution is 2.55. The molecule has 0 aliphatic heterocycles. The molecule has 1 fully saturated rings. The summed E-state index contributed by atoms with van der Waals surface area (Å²) in [5.74, 6) is 0.219. The first kappa shape index (κ1) is 16.6. The molecular weight excluding hydrogens is 288 g/mol. The molecule has 3 heteroatoms. The van der Waals surface area contributed by atoms with Crippen molar-refractivity contribution in [3.8, 4) is 0 Å². The molecule has 0 unspecified atom stereocenters. The van der Waals surface area contributed by atoms with E-state index >= 15 is 0 Å². The Morgan fingerprint density at radius 3 is 2.61 bits per heavy atom. The number of hydrogen-bond donors (Lipinski definition) is 1. The number of allylic oxidation sites excluding steroid dienone is 2. The van der Waals surface area contributed by atoms with Gasteiger partial charge in [-0.1, -0.05) is 39.8 Å². The Morgan fingerprint density at radius 2 is 1.91 bits per heavy atom. The molecule has 4 atom stereocenters. The number of fused-ring (bicyclic) bond motifs is 2. The van der Waals surface area contributed by atoms with E-state index in [1.807, 2.05) is 6.08 Å². The summed E-state index contributed by atoms with van der Waals surface area (Å²) in [5, 5.41) is 10.7. The molecule has 3 aliphatic rings. The van der Waals surface area contributed by atoms with E-state index in [1.165, 1.54) is 0 Å². The van der Waals surface area contributed by atoms with E-state index in [0.29, 0.717) is 36.2 Å². The zero-order chi connectivity index (χ0) is 17.0. The van der Waals surface area contributed by atoms with Crippen LogP contribution in [0.2, 0.25) is 0 Å². The molecule has 23 heavy (non-hydrogen) atoms. The van der Waals surface area contributed by atoms with Crippen molar-refractivity contribution in [2.75, 3.05) is 0 Å². The van der Waals surface area contributed by atoms with Crippen molar-refractivity contribution in [3.63, 3.8) is 0 Å². The Morgan fingerprint density at radius 1 is 1.22 bits per heavy atom. The Bertz CT molecular complexity index is 598. The van der Waals surface area contributed by atoms with Crippen molar-refractivity contribution in [3.05, 3.63) is 23.8 Å². The molecular formula is C20H28O3. The molecule has 0 spiro atoms. The van der Waals surface area contributed by atoms with E-state index in [4.69, 9.17) is 0 Å². The van der Waals surface area contributed by atoms with Crippen LogP contribution in [0, 0.1) is 22.7 Å². The second-order valence-electron chi connectivity index (χ2n) is 8.61. The maximum Gasteiger partial charge on any atom is 0.187 e. The predicted octanol–water partition coefficient (Wildman–Crippen LogP) is 3.61. The lowest BCUT2D eigenvalue weighted by molar-refractivity contribution is -0.140. The maximum atomic E-state index is 13.0. The number of carbonyl (C=O) groups is 2. The van der Waals surface area contributed by atoms with Crippen LogP contribution in [0.25, 0.3) is 0 Å². The number of aliphatic hydroxyl groups excluding tert-OH is 1. The van der Waals surface area contributed by atoms with Crippen molar-refractivity contribution >= 4 is 11.6 Å². The average molecular weight is 316 g/mol. The van der Waals surface area contributed by atoms with Gasteiger partial charge in [0.1, 0.15) is 5.78 Å². The van der Waals surface area contributed by atoms with Gasteiger partial charge in [-0.05, 0) is 42.6 Å². The van der Waals surface area contributed by atoms with Crippen molar-refractivity contribution in [2.24, 2.45) is 22.7 Å². The second-order valence-corrected chi connectivity index (χ2v) is 8.61. The summed E-state index contributed by atoms with van der Waals surface area (Å²) in [6.45, 7) is 10.4. The molecule has 3 rings (SSSR count). The SMILES string of the molecule is C=C1C(=O)C2=C[C@@H]1CCC(=O)[C@]1(C)CCCC(C)(C)[C@H]1C[C@H]2O. The van der Waals surface area contributed by atoms with Gasteiger partial charge in [0.2, 0.25) is 0 Å². The minimum atomic E-state index is -0.781. The summed E-state index contributed by atoms with van der Waals surface area (Å²) in [6.07, 6.45) is 5.73. The van der Waals surface area contributed by atoms with Gasteiger partial charge < -0.3 is 5.11 Å². The van der Waals surface area contributed by atoms with Gasteiger partial charge in [-0.2, -0.15) is 0 Å². The Labute approximate surface area is 138 Å². The molecule has 0 aromatic carbocycles. The van der Waals surface area contributed by atoms with Gasteiger partial charge in [0.05, 0.1) is 6.10 Å². The van der Waals surface area contributed by atoms with Crippen molar-refractivity contribution in [1.29, 1.82) is 0 Å². The number of hydrogen-bond acceptors (Lipinski definition) is 3. The van der Waals surface area contributed by atoms with Crippen molar-refractivity contribution < 1.29 is 14.7 Å². The highest BCUT2D eigenvalue weighted by molar-refractivity contribution is 6.11. The van der Waals surface area contributed by atoms with Crippen LogP contribution in [0.1, 0.15) is 59.3 Å². The van der Waals surface area contributed by atoms with Crippen LogP contribution >= 0.6 is 0 Å². The number of Topliss-reactive ketones (excluding diaryl/α,β-unsaturated/α-hetero) is 2. The summed E-state index contributed by atoms with van der Waals surface area (Å²) in [4.78, 5) is 25.4. The van der Waals surface area contributed by atoms with Crippen LogP contribution in [0.5, 0.6) is 0 Å². The van der Waals surface area contributed by atoms with Gasteiger partial charge >= 0.3 is 0 Å².